The van der Waals surface area contributed by atoms with Gasteiger partial charge in [-0.2, -0.15) is 0 Å². The Morgan fingerprint density at radius 2 is 1.55 bits per heavy atom. The van der Waals surface area contributed by atoms with Crippen LogP contribution in [-0.2, 0) is 10.2 Å². The van der Waals surface area contributed by atoms with Gasteiger partial charge < -0.3 is 15.6 Å². The van der Waals surface area contributed by atoms with Crippen LogP contribution in [0.2, 0.25) is 0 Å². The molecular formula is C18H21NO3. The van der Waals surface area contributed by atoms with E-state index in [0.717, 1.165) is 11.1 Å². The molecule has 0 heterocycles. The van der Waals surface area contributed by atoms with Crippen molar-refractivity contribution in [3.8, 4) is 11.5 Å². The first kappa shape index (κ1) is 16.0. The molecule has 0 aliphatic carbocycles. The molecule has 0 amide bonds. The molecule has 1 unspecified atom stereocenters. The van der Waals surface area contributed by atoms with Crippen molar-refractivity contribution in [3.63, 3.8) is 0 Å². The highest BCUT2D eigenvalue weighted by Gasteiger charge is 2.33. The summed E-state index contributed by atoms with van der Waals surface area (Å²) in [7, 11) is 0. The summed E-state index contributed by atoms with van der Waals surface area (Å²) in [6.45, 7) is 5.38. The van der Waals surface area contributed by atoms with E-state index in [1.807, 2.05) is 31.2 Å². The lowest BCUT2D eigenvalue weighted by atomic mass is 9.71. The molecular weight excluding hydrogens is 278 g/mol. The summed E-state index contributed by atoms with van der Waals surface area (Å²) in [6.07, 6.45) is 0. The molecule has 0 saturated heterocycles. The molecule has 4 heteroatoms. The van der Waals surface area contributed by atoms with Crippen LogP contribution in [0.25, 0.3) is 0 Å². The van der Waals surface area contributed by atoms with Crippen molar-refractivity contribution in [2.45, 2.75) is 32.2 Å². The van der Waals surface area contributed by atoms with Gasteiger partial charge in [0.05, 0.1) is 0 Å². The number of ether oxygens (including phenoxy) is 1. The van der Waals surface area contributed by atoms with E-state index in [-0.39, 0.29) is 17.8 Å². The highest BCUT2D eigenvalue weighted by Crippen LogP contribution is 2.36. The fraction of sp³-hybridized carbons (Fsp3) is 0.278. The molecule has 116 valence electrons. The largest absolute Gasteiger partial charge is 0.508 e. The highest BCUT2D eigenvalue weighted by atomic mass is 16.5. The Hall–Kier alpha value is -2.33. The molecule has 0 fully saturated rings. The van der Waals surface area contributed by atoms with E-state index < -0.39 is 5.41 Å². The van der Waals surface area contributed by atoms with Gasteiger partial charge in [0.25, 0.3) is 0 Å². The van der Waals surface area contributed by atoms with Gasteiger partial charge in [0.2, 0.25) is 0 Å². The molecule has 0 aliphatic rings. The van der Waals surface area contributed by atoms with Gasteiger partial charge in [-0.1, -0.05) is 24.3 Å². The quantitative estimate of drug-likeness (QED) is 0.672. The number of esters is 1. The zero-order chi connectivity index (χ0) is 16.3. The molecule has 2 aromatic rings. The zero-order valence-electron chi connectivity index (χ0n) is 13.0. The summed E-state index contributed by atoms with van der Waals surface area (Å²) in [4.78, 5) is 11.0. The second-order valence-electron chi connectivity index (χ2n) is 5.66. The van der Waals surface area contributed by atoms with E-state index in [2.05, 4.69) is 6.92 Å². The Morgan fingerprint density at radius 1 is 1.09 bits per heavy atom. The lowest BCUT2D eigenvalue weighted by Gasteiger charge is -2.35. The van der Waals surface area contributed by atoms with Gasteiger partial charge in [0.1, 0.15) is 11.5 Å². The third-order valence-electron chi connectivity index (χ3n) is 4.09. The van der Waals surface area contributed by atoms with Crippen molar-refractivity contribution in [1.29, 1.82) is 0 Å². The summed E-state index contributed by atoms with van der Waals surface area (Å²) in [6, 6.07) is 14.3. The van der Waals surface area contributed by atoms with Crippen LogP contribution in [0.1, 0.15) is 31.9 Å². The summed E-state index contributed by atoms with van der Waals surface area (Å²) in [5, 5.41) is 9.47. The number of hydrogen-bond donors (Lipinski definition) is 2. The molecule has 22 heavy (non-hydrogen) atoms. The first-order valence-electron chi connectivity index (χ1n) is 7.18. The van der Waals surface area contributed by atoms with Crippen LogP contribution in [0.5, 0.6) is 11.5 Å². The van der Waals surface area contributed by atoms with E-state index >= 15 is 0 Å². The summed E-state index contributed by atoms with van der Waals surface area (Å²) in [5.41, 5.74) is 7.86. The van der Waals surface area contributed by atoms with E-state index in [1.54, 1.807) is 24.3 Å². The Kier molecular flexibility index (Phi) is 4.52. The van der Waals surface area contributed by atoms with Gasteiger partial charge in [0, 0.05) is 18.4 Å². The normalized spacial score (nSPS) is 14.9. The SMILES string of the molecule is CC(=O)Oc1ccc(C(C)(c2ccc(O)cc2)[C@@H](C)N)cc1. The lowest BCUT2D eigenvalue weighted by Crippen LogP contribution is -2.41. The number of benzene rings is 2. The standard InChI is InChI=1S/C18H21NO3/c1-12(19)18(3,14-4-8-16(21)9-5-14)15-6-10-17(11-7-15)22-13(2)20/h4-12,21H,19H2,1-3H3/t12-,18?/m1/s1. The molecule has 0 aliphatic heterocycles. The Bertz CT molecular complexity index is 647. The minimum absolute atomic E-state index is 0.142. The molecule has 0 saturated carbocycles. The van der Waals surface area contributed by atoms with Crippen molar-refractivity contribution in [2.75, 3.05) is 0 Å². The van der Waals surface area contributed by atoms with Gasteiger partial charge in [-0.15, -0.1) is 0 Å². The first-order valence-corrected chi connectivity index (χ1v) is 7.18. The van der Waals surface area contributed by atoms with Crippen LogP contribution < -0.4 is 10.5 Å². The topological polar surface area (TPSA) is 72.5 Å². The average Bonchev–Trinajstić information content (AvgIpc) is 2.47. The van der Waals surface area contributed by atoms with E-state index in [9.17, 15) is 9.90 Å². The van der Waals surface area contributed by atoms with E-state index in [4.69, 9.17) is 10.5 Å². The number of phenols is 1. The number of carbonyl (C=O) groups excluding carboxylic acids is 1. The predicted octanol–water partition coefficient (Wildman–Crippen LogP) is 2.97. The monoisotopic (exact) mass is 299 g/mol. The molecule has 3 N–H and O–H groups in total. The number of phenolic OH excluding ortho intramolecular Hbond substituents is 1. The van der Waals surface area contributed by atoms with Crippen LogP contribution in [-0.4, -0.2) is 17.1 Å². The Labute approximate surface area is 130 Å². The van der Waals surface area contributed by atoms with Gasteiger partial charge in [-0.3, -0.25) is 4.79 Å². The van der Waals surface area contributed by atoms with Crippen molar-refractivity contribution in [2.24, 2.45) is 5.73 Å². The third-order valence-corrected chi connectivity index (χ3v) is 4.09. The third kappa shape index (κ3) is 3.12. The second-order valence-corrected chi connectivity index (χ2v) is 5.66. The van der Waals surface area contributed by atoms with Crippen LogP contribution in [0.4, 0.5) is 0 Å². The molecule has 2 rings (SSSR count). The number of rotatable bonds is 4. The molecule has 0 radical (unpaired) electrons. The number of nitrogens with two attached hydrogens (primary N) is 1. The molecule has 0 aromatic heterocycles. The highest BCUT2D eigenvalue weighted by molar-refractivity contribution is 5.69. The van der Waals surface area contributed by atoms with Crippen molar-refractivity contribution in [1.82, 2.24) is 0 Å². The number of aromatic hydroxyl groups is 1. The fourth-order valence-electron chi connectivity index (χ4n) is 2.54. The van der Waals surface area contributed by atoms with Crippen LogP contribution >= 0.6 is 0 Å². The molecule has 0 spiro atoms. The van der Waals surface area contributed by atoms with Crippen molar-refractivity contribution >= 4 is 5.97 Å². The fourth-order valence-corrected chi connectivity index (χ4v) is 2.54. The smallest absolute Gasteiger partial charge is 0.308 e. The van der Waals surface area contributed by atoms with Gasteiger partial charge in [-0.25, -0.2) is 0 Å². The van der Waals surface area contributed by atoms with Crippen LogP contribution in [0.3, 0.4) is 0 Å². The maximum atomic E-state index is 11.0. The predicted molar refractivity (Wildman–Crippen MR) is 86.0 cm³/mol. The van der Waals surface area contributed by atoms with Gasteiger partial charge >= 0.3 is 5.97 Å². The Morgan fingerprint density at radius 3 is 1.95 bits per heavy atom. The molecule has 0 bridgehead atoms. The summed E-state index contributed by atoms with van der Waals surface area (Å²) in [5.74, 6) is 0.385. The van der Waals surface area contributed by atoms with Gasteiger partial charge in [-0.05, 0) is 49.2 Å². The molecule has 2 atom stereocenters. The van der Waals surface area contributed by atoms with Crippen molar-refractivity contribution < 1.29 is 14.6 Å². The van der Waals surface area contributed by atoms with Gasteiger partial charge in [0.15, 0.2) is 0 Å². The minimum atomic E-state index is -0.414. The molecule has 2 aromatic carbocycles. The number of carbonyl (C=O) groups is 1. The maximum absolute atomic E-state index is 11.0. The first-order chi connectivity index (χ1) is 10.3. The van der Waals surface area contributed by atoms with E-state index in [1.165, 1.54) is 6.92 Å². The van der Waals surface area contributed by atoms with E-state index in [0.29, 0.717) is 5.75 Å². The minimum Gasteiger partial charge on any atom is -0.508 e. The van der Waals surface area contributed by atoms with Crippen molar-refractivity contribution in [3.05, 3.63) is 59.7 Å². The average molecular weight is 299 g/mol. The lowest BCUT2D eigenvalue weighted by molar-refractivity contribution is -0.131. The number of hydrogen-bond acceptors (Lipinski definition) is 4. The van der Waals surface area contributed by atoms with Crippen LogP contribution in [0, 0.1) is 0 Å². The summed E-state index contributed by atoms with van der Waals surface area (Å²) >= 11 is 0. The second kappa shape index (κ2) is 6.20. The Balaban J connectivity index is 2.43. The maximum Gasteiger partial charge on any atom is 0.308 e. The molecule has 4 nitrogen and oxygen atoms in total. The van der Waals surface area contributed by atoms with Crippen LogP contribution in [0.15, 0.2) is 48.5 Å². The summed E-state index contributed by atoms with van der Waals surface area (Å²) < 4.78 is 5.06. The zero-order valence-corrected chi connectivity index (χ0v) is 13.0.